The molecule has 340 valence electrons. The van der Waals surface area contributed by atoms with Crippen molar-refractivity contribution in [3.8, 4) is 17.6 Å². The first-order chi connectivity index (χ1) is 29.7. The number of hydrogen-bond donors (Lipinski definition) is 1. The minimum absolute atomic E-state index is 0.0156. The van der Waals surface area contributed by atoms with Crippen molar-refractivity contribution in [1.29, 1.82) is 0 Å². The fourth-order valence-corrected chi connectivity index (χ4v) is 8.19. The highest BCUT2D eigenvalue weighted by atomic mass is 32.2. The molecule has 3 amide bonds. The molecule has 1 N–H and O–H groups in total. The topological polar surface area (TPSA) is 171 Å². The lowest BCUT2D eigenvalue weighted by Gasteiger charge is -2.35. The lowest BCUT2D eigenvalue weighted by Crippen LogP contribution is -2.46. The molecular formula is C48H62N4O10S. The molecule has 0 unspecified atom stereocenters. The third kappa shape index (κ3) is 16.0. The zero-order valence-electron chi connectivity index (χ0n) is 37.6. The number of ether oxygens (including phenoxy) is 3. The van der Waals surface area contributed by atoms with Crippen LogP contribution in [0.2, 0.25) is 0 Å². The molecule has 2 aliphatic heterocycles. The van der Waals surface area contributed by atoms with Crippen LogP contribution in [0.4, 0.5) is 4.79 Å². The first-order valence-corrected chi connectivity index (χ1v) is 23.1. The van der Waals surface area contributed by atoms with Gasteiger partial charge in [-0.05, 0) is 135 Å². The van der Waals surface area contributed by atoms with Crippen LogP contribution in [0.3, 0.4) is 0 Å². The Balaban J connectivity index is 1.15. The zero-order valence-corrected chi connectivity index (χ0v) is 38.4. The van der Waals surface area contributed by atoms with E-state index in [1.165, 1.54) is 12.1 Å². The number of likely N-dealkylation sites (tertiary alicyclic amines) is 2. The Kier molecular flexibility index (Phi) is 16.8. The number of hydrogen-bond acceptors (Lipinski definition) is 11. The highest BCUT2D eigenvalue weighted by molar-refractivity contribution is 7.86. The summed E-state index contributed by atoms with van der Waals surface area (Å²) >= 11 is 0. The monoisotopic (exact) mass is 886 g/mol. The number of aryl methyl sites for hydroxylation is 1. The van der Waals surface area contributed by atoms with Gasteiger partial charge in [0.25, 0.3) is 10.1 Å². The summed E-state index contributed by atoms with van der Waals surface area (Å²) in [6, 6.07) is 14.4. The number of nitrogens with one attached hydrogen (secondary N) is 1. The lowest BCUT2D eigenvalue weighted by atomic mass is 9.91. The first-order valence-electron chi connectivity index (χ1n) is 21.7. The van der Waals surface area contributed by atoms with Crippen molar-refractivity contribution in [2.24, 2.45) is 11.8 Å². The van der Waals surface area contributed by atoms with Crippen molar-refractivity contribution >= 4 is 34.0 Å². The Morgan fingerprint density at radius 2 is 1.49 bits per heavy atom. The fraction of sp³-hybridized carbons (Fsp3) is 0.521. The number of rotatable bonds is 14. The van der Waals surface area contributed by atoms with Gasteiger partial charge in [-0.15, -0.1) is 0 Å². The Bertz CT molecular complexity index is 2210. The van der Waals surface area contributed by atoms with Gasteiger partial charge in [-0.25, -0.2) is 4.79 Å². The highest BCUT2D eigenvalue weighted by Gasteiger charge is 2.32. The number of piperidine rings is 2. The molecule has 0 radical (unpaired) electrons. The predicted molar refractivity (Wildman–Crippen MR) is 237 cm³/mol. The predicted octanol–water partition coefficient (Wildman–Crippen LogP) is 7.13. The van der Waals surface area contributed by atoms with Gasteiger partial charge in [0.2, 0.25) is 11.8 Å². The van der Waals surface area contributed by atoms with E-state index in [1.54, 1.807) is 85.4 Å². The molecule has 1 aromatic heterocycles. The summed E-state index contributed by atoms with van der Waals surface area (Å²) in [5, 5.41) is 3.07. The van der Waals surface area contributed by atoms with Crippen LogP contribution < -0.4 is 10.1 Å². The number of aromatic nitrogens is 1. The standard InChI is InChI=1S/C48H62N4O10S/c1-34-10-19-41(20-11-34)63(57,58)60-28-27-59-40-17-14-35(15-18-40)12-13-37-29-39(32-49-31-37)42(30-44(54)61-47(2,3)4)50-45(55)38-9-8-24-52(33-38)43(53)21-16-36-22-25-51(26-23-36)46(56)62-48(5,6)7/h10-11,14-15,17-20,29,31-32,36,38,42H,8-9,16,21-28,30,33H2,1-7H3,(H,50,55)/t38-,42+/m1/s1. The van der Waals surface area contributed by atoms with E-state index in [-0.39, 0.29) is 49.0 Å². The van der Waals surface area contributed by atoms with E-state index in [1.807, 2.05) is 27.7 Å². The zero-order chi connectivity index (χ0) is 45.8. The van der Waals surface area contributed by atoms with Crippen molar-refractivity contribution in [2.45, 2.75) is 116 Å². The van der Waals surface area contributed by atoms with E-state index in [2.05, 4.69) is 22.1 Å². The molecular weight excluding hydrogens is 825 g/mol. The normalized spacial score (nSPS) is 16.6. The Labute approximate surface area is 372 Å². The van der Waals surface area contributed by atoms with Gasteiger partial charge in [0.15, 0.2) is 0 Å². The fourth-order valence-electron chi connectivity index (χ4n) is 7.30. The smallest absolute Gasteiger partial charge is 0.410 e. The molecule has 0 saturated carbocycles. The van der Waals surface area contributed by atoms with E-state index in [9.17, 15) is 27.6 Å². The molecule has 0 spiro atoms. The molecule has 15 heteroatoms. The molecule has 2 saturated heterocycles. The lowest BCUT2D eigenvalue weighted by molar-refractivity contribution is -0.155. The van der Waals surface area contributed by atoms with Crippen molar-refractivity contribution in [3.05, 3.63) is 89.2 Å². The summed E-state index contributed by atoms with van der Waals surface area (Å²) in [6.45, 7) is 14.7. The van der Waals surface area contributed by atoms with Crippen LogP contribution in [0, 0.1) is 30.6 Å². The average molecular weight is 887 g/mol. The number of esters is 1. The summed E-state index contributed by atoms with van der Waals surface area (Å²) in [7, 11) is -3.89. The molecule has 2 fully saturated rings. The van der Waals surface area contributed by atoms with Crippen molar-refractivity contribution in [2.75, 3.05) is 39.4 Å². The summed E-state index contributed by atoms with van der Waals surface area (Å²) in [4.78, 5) is 60.9. The second-order valence-corrected chi connectivity index (χ2v) is 19.8. The maximum Gasteiger partial charge on any atom is 0.410 e. The maximum atomic E-state index is 13.9. The SMILES string of the molecule is Cc1ccc(S(=O)(=O)OCCOc2ccc(C#Cc3cncc([C@H](CC(=O)OC(C)(C)C)NC(=O)[C@@H]4CCCN(C(=O)CCC5CCN(C(=O)OC(C)(C)C)CC5)C4)c3)cc2)cc1. The van der Waals surface area contributed by atoms with Crippen LogP contribution >= 0.6 is 0 Å². The molecule has 0 aliphatic carbocycles. The number of carbonyl (C=O) groups excluding carboxylic acids is 4. The molecule has 3 heterocycles. The minimum atomic E-state index is -3.89. The van der Waals surface area contributed by atoms with Gasteiger partial charge in [0, 0.05) is 56.1 Å². The van der Waals surface area contributed by atoms with Crippen LogP contribution in [0.1, 0.15) is 115 Å². The van der Waals surface area contributed by atoms with E-state index < -0.39 is 39.2 Å². The van der Waals surface area contributed by atoms with Gasteiger partial charge in [-0.3, -0.25) is 23.6 Å². The van der Waals surface area contributed by atoms with E-state index in [4.69, 9.17) is 18.4 Å². The molecule has 14 nitrogen and oxygen atoms in total. The van der Waals surface area contributed by atoms with Crippen molar-refractivity contribution in [1.82, 2.24) is 20.1 Å². The first kappa shape index (κ1) is 48.6. The largest absolute Gasteiger partial charge is 0.491 e. The molecule has 5 rings (SSSR count). The van der Waals surface area contributed by atoms with Crippen LogP contribution in [0.5, 0.6) is 5.75 Å². The summed E-state index contributed by atoms with van der Waals surface area (Å²) < 4.78 is 46.8. The summed E-state index contributed by atoms with van der Waals surface area (Å²) in [6.07, 6.45) is 6.77. The van der Waals surface area contributed by atoms with Crippen molar-refractivity contribution < 1.29 is 46.0 Å². The second-order valence-electron chi connectivity index (χ2n) is 18.2. The third-order valence-electron chi connectivity index (χ3n) is 10.6. The molecule has 2 aliphatic rings. The molecule has 2 atom stereocenters. The van der Waals surface area contributed by atoms with E-state index >= 15 is 0 Å². The maximum absolute atomic E-state index is 13.9. The molecule has 2 aromatic carbocycles. The van der Waals surface area contributed by atoms with E-state index in [0.29, 0.717) is 67.3 Å². The summed E-state index contributed by atoms with van der Waals surface area (Å²) in [5.41, 5.74) is 1.50. The molecule has 63 heavy (non-hydrogen) atoms. The highest BCUT2D eigenvalue weighted by Crippen LogP contribution is 2.27. The Morgan fingerprint density at radius 3 is 2.16 bits per heavy atom. The number of benzene rings is 2. The van der Waals surface area contributed by atoms with E-state index in [0.717, 1.165) is 24.8 Å². The van der Waals surface area contributed by atoms with Gasteiger partial charge in [0.1, 0.15) is 30.2 Å². The number of amides is 3. The van der Waals surface area contributed by atoms with Crippen molar-refractivity contribution in [3.63, 3.8) is 0 Å². The van der Waals surface area contributed by atoms with Gasteiger partial charge in [-0.2, -0.15) is 8.42 Å². The number of nitrogens with zero attached hydrogens (tertiary/aromatic N) is 3. The number of carbonyl (C=O) groups is 4. The van der Waals surface area contributed by atoms with Crippen LogP contribution in [0.25, 0.3) is 0 Å². The minimum Gasteiger partial charge on any atom is -0.491 e. The number of pyridine rings is 1. The average Bonchev–Trinajstić information content (AvgIpc) is 3.23. The Hall–Kier alpha value is -5.46. The Morgan fingerprint density at radius 1 is 0.825 bits per heavy atom. The molecule has 0 bridgehead atoms. The van der Waals surface area contributed by atoms with Crippen LogP contribution in [-0.2, 0) is 38.2 Å². The third-order valence-corrected chi connectivity index (χ3v) is 11.9. The second kappa shape index (κ2) is 21.8. The summed E-state index contributed by atoms with van der Waals surface area (Å²) in [5.74, 6) is 5.87. The van der Waals surface area contributed by atoms with Gasteiger partial charge >= 0.3 is 12.1 Å². The van der Waals surface area contributed by atoms with Gasteiger partial charge in [0.05, 0.1) is 23.3 Å². The van der Waals surface area contributed by atoms with Crippen LogP contribution in [0.15, 0.2) is 71.9 Å². The molecule has 3 aromatic rings. The van der Waals surface area contributed by atoms with Crippen LogP contribution in [-0.4, -0.2) is 97.7 Å². The quantitative estimate of drug-likeness (QED) is 0.0756. The van der Waals surface area contributed by atoms with Gasteiger partial charge in [-0.1, -0.05) is 29.5 Å². The van der Waals surface area contributed by atoms with Gasteiger partial charge < -0.3 is 29.3 Å².